The molecule has 0 saturated carbocycles. The molecular formula is C9H9BrCl2F3N. The minimum absolute atomic E-state index is 0. The molecule has 16 heavy (non-hydrogen) atoms. The Labute approximate surface area is 111 Å². The Bertz CT molecular complexity index is 357. The zero-order valence-corrected chi connectivity index (χ0v) is 11.1. The van der Waals surface area contributed by atoms with Crippen molar-refractivity contribution in [1.29, 1.82) is 0 Å². The Morgan fingerprint density at radius 3 is 2.38 bits per heavy atom. The monoisotopic (exact) mass is 337 g/mol. The zero-order valence-electron chi connectivity index (χ0n) is 7.89. The van der Waals surface area contributed by atoms with E-state index in [1.165, 1.54) is 12.1 Å². The lowest BCUT2D eigenvalue weighted by Gasteiger charge is -2.15. The van der Waals surface area contributed by atoms with Crippen LogP contribution in [0, 0.1) is 0 Å². The van der Waals surface area contributed by atoms with Gasteiger partial charge in [-0.3, -0.25) is 0 Å². The van der Waals surface area contributed by atoms with E-state index < -0.39 is 18.6 Å². The van der Waals surface area contributed by atoms with Crippen LogP contribution in [0.5, 0.6) is 0 Å². The zero-order chi connectivity index (χ0) is 11.6. The first-order valence-corrected chi connectivity index (χ1v) is 5.24. The fourth-order valence-corrected chi connectivity index (χ4v) is 1.98. The summed E-state index contributed by atoms with van der Waals surface area (Å²) in [5, 5.41) is 0.237. The second-order valence-corrected chi connectivity index (χ2v) is 4.41. The Balaban J connectivity index is 0.00000225. The highest BCUT2D eigenvalue weighted by Gasteiger charge is 2.31. The van der Waals surface area contributed by atoms with Crippen LogP contribution in [0.15, 0.2) is 22.7 Å². The summed E-state index contributed by atoms with van der Waals surface area (Å²) in [5.41, 5.74) is 5.72. The molecule has 0 aliphatic heterocycles. The summed E-state index contributed by atoms with van der Waals surface area (Å²) < 4.78 is 36.9. The third kappa shape index (κ3) is 4.91. The lowest BCUT2D eigenvalue weighted by Crippen LogP contribution is -2.20. The molecule has 0 bridgehead atoms. The van der Waals surface area contributed by atoms with Gasteiger partial charge in [0, 0.05) is 15.5 Å². The van der Waals surface area contributed by atoms with Crippen LogP contribution in [0.25, 0.3) is 0 Å². The van der Waals surface area contributed by atoms with Crippen LogP contribution in [0.1, 0.15) is 18.0 Å². The van der Waals surface area contributed by atoms with Gasteiger partial charge in [0.1, 0.15) is 0 Å². The van der Waals surface area contributed by atoms with Crippen molar-refractivity contribution in [2.24, 2.45) is 5.73 Å². The van der Waals surface area contributed by atoms with Crippen LogP contribution in [0.4, 0.5) is 13.2 Å². The average molecular weight is 339 g/mol. The summed E-state index contributed by atoms with van der Waals surface area (Å²) in [4.78, 5) is 0. The van der Waals surface area contributed by atoms with Gasteiger partial charge in [0.15, 0.2) is 0 Å². The van der Waals surface area contributed by atoms with Crippen LogP contribution >= 0.6 is 39.9 Å². The molecule has 0 amide bonds. The molecule has 0 fully saturated rings. The van der Waals surface area contributed by atoms with Gasteiger partial charge in [-0.05, 0) is 17.7 Å². The van der Waals surface area contributed by atoms with E-state index >= 15 is 0 Å². The summed E-state index contributed by atoms with van der Waals surface area (Å²) >= 11 is 8.94. The quantitative estimate of drug-likeness (QED) is 0.845. The fraction of sp³-hybridized carbons (Fsp3) is 0.333. The van der Waals surface area contributed by atoms with Gasteiger partial charge in [0.2, 0.25) is 0 Å². The Morgan fingerprint density at radius 1 is 1.38 bits per heavy atom. The van der Waals surface area contributed by atoms with Crippen LogP contribution < -0.4 is 5.73 Å². The van der Waals surface area contributed by atoms with Crippen LogP contribution in [-0.4, -0.2) is 6.18 Å². The molecule has 0 aliphatic carbocycles. The maximum Gasteiger partial charge on any atom is 0.390 e. The molecule has 0 saturated heterocycles. The van der Waals surface area contributed by atoms with E-state index in [4.69, 9.17) is 17.3 Å². The molecule has 1 aromatic carbocycles. The van der Waals surface area contributed by atoms with Crippen molar-refractivity contribution in [3.05, 3.63) is 33.3 Å². The molecule has 0 spiro atoms. The maximum absolute atomic E-state index is 12.1. The van der Waals surface area contributed by atoms with Gasteiger partial charge in [-0.15, -0.1) is 12.4 Å². The minimum Gasteiger partial charge on any atom is -0.324 e. The maximum atomic E-state index is 12.1. The summed E-state index contributed by atoms with van der Waals surface area (Å²) in [5.74, 6) is 0. The van der Waals surface area contributed by atoms with E-state index in [1.54, 1.807) is 6.07 Å². The first kappa shape index (κ1) is 16.0. The Kier molecular flexibility index (Phi) is 6.11. The highest BCUT2D eigenvalue weighted by molar-refractivity contribution is 9.10. The summed E-state index contributed by atoms with van der Waals surface area (Å²) in [7, 11) is 0. The van der Waals surface area contributed by atoms with Gasteiger partial charge in [-0.25, -0.2) is 0 Å². The molecule has 0 radical (unpaired) electrons. The molecule has 1 rings (SSSR count). The number of hydrogen-bond acceptors (Lipinski definition) is 1. The second kappa shape index (κ2) is 6.10. The average Bonchev–Trinajstić information content (AvgIpc) is 1.99. The largest absolute Gasteiger partial charge is 0.390 e. The van der Waals surface area contributed by atoms with Crippen LogP contribution in [0.2, 0.25) is 5.02 Å². The number of halogens is 6. The first-order valence-electron chi connectivity index (χ1n) is 4.07. The molecule has 1 nitrogen and oxygen atoms in total. The van der Waals surface area contributed by atoms with Crippen molar-refractivity contribution < 1.29 is 13.2 Å². The van der Waals surface area contributed by atoms with Gasteiger partial charge in [-0.2, -0.15) is 13.2 Å². The molecule has 0 heterocycles. The van der Waals surface area contributed by atoms with Gasteiger partial charge >= 0.3 is 6.18 Å². The van der Waals surface area contributed by atoms with E-state index in [2.05, 4.69) is 15.9 Å². The smallest absolute Gasteiger partial charge is 0.324 e. The van der Waals surface area contributed by atoms with E-state index in [1.807, 2.05) is 0 Å². The first-order chi connectivity index (χ1) is 6.79. The molecule has 0 aromatic heterocycles. The number of hydrogen-bond donors (Lipinski definition) is 1. The highest BCUT2D eigenvalue weighted by atomic mass is 79.9. The SMILES string of the molecule is Cl.N[C@@H](CC(F)(F)F)c1ccc(Br)cc1Cl. The third-order valence-corrected chi connectivity index (χ3v) is 2.63. The molecule has 92 valence electrons. The van der Waals surface area contributed by atoms with E-state index in [0.29, 0.717) is 10.0 Å². The number of rotatable bonds is 2. The van der Waals surface area contributed by atoms with Crippen LogP contribution in [-0.2, 0) is 0 Å². The molecule has 7 heteroatoms. The van der Waals surface area contributed by atoms with Crippen molar-refractivity contribution in [1.82, 2.24) is 0 Å². The molecule has 1 atom stereocenters. The molecular weight excluding hydrogens is 330 g/mol. The van der Waals surface area contributed by atoms with E-state index in [-0.39, 0.29) is 17.4 Å². The van der Waals surface area contributed by atoms with E-state index in [9.17, 15) is 13.2 Å². The number of nitrogens with two attached hydrogens (primary N) is 1. The molecule has 0 aliphatic rings. The van der Waals surface area contributed by atoms with Crippen molar-refractivity contribution in [3.63, 3.8) is 0 Å². The lowest BCUT2D eigenvalue weighted by molar-refractivity contribution is -0.138. The van der Waals surface area contributed by atoms with Gasteiger partial charge in [0.25, 0.3) is 0 Å². The Morgan fingerprint density at radius 2 is 1.94 bits per heavy atom. The molecule has 2 N–H and O–H groups in total. The van der Waals surface area contributed by atoms with Gasteiger partial charge in [0.05, 0.1) is 6.42 Å². The van der Waals surface area contributed by atoms with Gasteiger partial charge in [-0.1, -0.05) is 33.6 Å². The molecule has 1 aromatic rings. The number of alkyl halides is 3. The van der Waals surface area contributed by atoms with E-state index in [0.717, 1.165) is 0 Å². The standard InChI is InChI=1S/C9H8BrClF3N.ClH/c10-5-1-2-6(7(11)3-5)8(15)4-9(12,13)14;/h1-3,8H,4,15H2;1H/t8-;/m0./s1. The third-order valence-electron chi connectivity index (χ3n) is 1.81. The lowest BCUT2D eigenvalue weighted by atomic mass is 10.0. The fourth-order valence-electron chi connectivity index (χ4n) is 1.16. The van der Waals surface area contributed by atoms with Gasteiger partial charge < -0.3 is 5.73 Å². The van der Waals surface area contributed by atoms with Crippen molar-refractivity contribution >= 4 is 39.9 Å². The van der Waals surface area contributed by atoms with Crippen molar-refractivity contribution in [3.8, 4) is 0 Å². The van der Waals surface area contributed by atoms with Crippen molar-refractivity contribution in [2.45, 2.75) is 18.6 Å². The minimum atomic E-state index is -4.28. The predicted molar refractivity (Wildman–Crippen MR) is 64.0 cm³/mol. The topological polar surface area (TPSA) is 26.0 Å². The summed E-state index contributed by atoms with van der Waals surface area (Å²) in [6, 6.07) is 3.50. The predicted octanol–water partition coefficient (Wildman–Crippen LogP) is 4.48. The highest BCUT2D eigenvalue weighted by Crippen LogP contribution is 2.32. The summed E-state index contributed by atoms with van der Waals surface area (Å²) in [6.07, 6.45) is -5.36. The summed E-state index contributed by atoms with van der Waals surface area (Å²) in [6.45, 7) is 0. The molecule has 0 unspecified atom stereocenters. The number of benzene rings is 1. The van der Waals surface area contributed by atoms with Crippen molar-refractivity contribution in [2.75, 3.05) is 0 Å². The normalized spacial score (nSPS) is 13.1. The van der Waals surface area contributed by atoms with Crippen LogP contribution in [0.3, 0.4) is 0 Å². The second-order valence-electron chi connectivity index (χ2n) is 3.09. The Hall–Kier alpha value is 0.0300.